The Morgan fingerprint density at radius 2 is 2.00 bits per heavy atom. The van der Waals surface area contributed by atoms with Crippen LogP contribution in [-0.2, 0) is 13.6 Å². The summed E-state index contributed by atoms with van der Waals surface area (Å²) in [6.45, 7) is 1.58. The van der Waals surface area contributed by atoms with Crippen molar-refractivity contribution >= 4 is 28.5 Å². The Morgan fingerprint density at radius 3 is 2.81 bits per heavy atom. The minimum absolute atomic E-state index is 0.141. The van der Waals surface area contributed by atoms with E-state index in [2.05, 4.69) is 20.1 Å². The van der Waals surface area contributed by atoms with Gasteiger partial charge in [-0.05, 0) is 30.0 Å². The van der Waals surface area contributed by atoms with Crippen LogP contribution in [0.25, 0.3) is 11.2 Å². The standard InChI is InChI=1S/C20H17ClFN7O2/c1-27-8-23-19-17(27)20(30)29(9-24-19)7-15-25-18(26-31-15)16-11-5-28(6-12(11)16)14-4-10(21)2-3-13(14)22/h2-4,8-9,11-12,16H,5-7H2,1H3/t11-,12+,16?. The molecule has 0 bridgehead atoms. The molecule has 4 aromatic rings. The van der Waals surface area contributed by atoms with Crippen LogP contribution < -0.4 is 10.5 Å². The fourth-order valence-corrected chi connectivity index (χ4v) is 4.80. The van der Waals surface area contributed by atoms with Gasteiger partial charge in [0, 0.05) is 31.1 Å². The quantitative estimate of drug-likeness (QED) is 0.479. The van der Waals surface area contributed by atoms with Gasteiger partial charge in [0.05, 0.1) is 12.0 Å². The highest BCUT2D eigenvalue weighted by Gasteiger charge is 2.58. The lowest BCUT2D eigenvalue weighted by Crippen LogP contribution is -2.24. The van der Waals surface area contributed by atoms with E-state index in [1.807, 2.05) is 4.90 Å². The van der Waals surface area contributed by atoms with Crippen LogP contribution in [0.1, 0.15) is 17.6 Å². The Kier molecular flexibility index (Phi) is 3.95. The molecule has 1 aliphatic carbocycles. The molecule has 1 unspecified atom stereocenters. The van der Waals surface area contributed by atoms with Crippen LogP contribution in [0.2, 0.25) is 5.02 Å². The van der Waals surface area contributed by atoms with E-state index in [4.69, 9.17) is 16.1 Å². The van der Waals surface area contributed by atoms with Crippen molar-refractivity contribution in [2.24, 2.45) is 18.9 Å². The molecule has 0 radical (unpaired) electrons. The fraction of sp³-hybridized carbons (Fsp3) is 0.350. The molecule has 11 heteroatoms. The molecular formula is C20H17ClFN7O2. The highest BCUT2D eigenvalue weighted by atomic mass is 35.5. The maximum atomic E-state index is 14.1. The van der Waals surface area contributed by atoms with Crippen molar-refractivity contribution in [3.63, 3.8) is 0 Å². The molecule has 3 atom stereocenters. The van der Waals surface area contributed by atoms with Crippen molar-refractivity contribution in [1.82, 2.24) is 29.2 Å². The van der Waals surface area contributed by atoms with Crippen molar-refractivity contribution in [1.29, 1.82) is 0 Å². The predicted molar refractivity (Wildman–Crippen MR) is 110 cm³/mol. The molecule has 6 rings (SSSR count). The maximum Gasteiger partial charge on any atom is 0.280 e. The third-order valence-electron chi connectivity index (χ3n) is 6.23. The summed E-state index contributed by atoms with van der Waals surface area (Å²) in [4.78, 5) is 27.5. The van der Waals surface area contributed by atoms with Gasteiger partial charge in [-0.25, -0.2) is 14.4 Å². The van der Waals surface area contributed by atoms with E-state index in [-0.39, 0.29) is 23.8 Å². The lowest BCUT2D eigenvalue weighted by Gasteiger charge is -2.22. The van der Waals surface area contributed by atoms with Crippen molar-refractivity contribution in [2.45, 2.75) is 12.5 Å². The SMILES string of the molecule is Cn1cnc2ncn(Cc3nc(C4[C@H]5CN(c6cc(Cl)ccc6F)C[C@@H]45)no3)c(=O)c21. The highest BCUT2D eigenvalue weighted by Crippen LogP contribution is 2.58. The summed E-state index contributed by atoms with van der Waals surface area (Å²) in [7, 11) is 1.75. The summed E-state index contributed by atoms with van der Waals surface area (Å²) in [6.07, 6.45) is 2.99. The second-order valence-corrected chi connectivity index (χ2v) is 8.54. The lowest BCUT2D eigenvalue weighted by atomic mass is 10.2. The third kappa shape index (κ3) is 2.93. The predicted octanol–water partition coefficient (Wildman–Crippen LogP) is 2.20. The molecule has 158 valence electrons. The zero-order valence-corrected chi connectivity index (χ0v) is 17.2. The van der Waals surface area contributed by atoms with Gasteiger partial charge in [0.2, 0.25) is 5.89 Å². The molecule has 1 aromatic carbocycles. The first-order valence-electron chi connectivity index (χ1n) is 9.88. The Bertz CT molecular complexity index is 1370. The maximum absolute atomic E-state index is 14.1. The van der Waals surface area contributed by atoms with Gasteiger partial charge < -0.3 is 14.0 Å². The van der Waals surface area contributed by atoms with E-state index in [9.17, 15) is 9.18 Å². The van der Waals surface area contributed by atoms with Gasteiger partial charge in [0.25, 0.3) is 5.56 Å². The molecule has 0 spiro atoms. The van der Waals surface area contributed by atoms with Crippen LogP contribution >= 0.6 is 11.6 Å². The van der Waals surface area contributed by atoms with E-state index < -0.39 is 0 Å². The highest BCUT2D eigenvalue weighted by molar-refractivity contribution is 6.30. The van der Waals surface area contributed by atoms with Crippen LogP contribution in [0.15, 0.2) is 40.2 Å². The van der Waals surface area contributed by atoms with Gasteiger partial charge >= 0.3 is 0 Å². The van der Waals surface area contributed by atoms with E-state index in [1.165, 1.54) is 17.0 Å². The molecule has 31 heavy (non-hydrogen) atoms. The van der Waals surface area contributed by atoms with Crippen molar-refractivity contribution in [3.8, 4) is 0 Å². The third-order valence-corrected chi connectivity index (χ3v) is 6.47. The number of imidazole rings is 1. The molecule has 1 saturated carbocycles. The van der Waals surface area contributed by atoms with E-state index >= 15 is 0 Å². The van der Waals surface area contributed by atoms with E-state index in [0.717, 1.165) is 13.1 Å². The number of piperidine rings is 1. The number of aromatic nitrogens is 6. The van der Waals surface area contributed by atoms with Gasteiger partial charge in [-0.3, -0.25) is 9.36 Å². The molecule has 2 aliphatic rings. The average molecular weight is 442 g/mol. The molecule has 4 heterocycles. The summed E-state index contributed by atoms with van der Waals surface area (Å²) in [6, 6.07) is 4.60. The van der Waals surface area contributed by atoms with Gasteiger partial charge in [0.15, 0.2) is 17.0 Å². The number of benzene rings is 1. The van der Waals surface area contributed by atoms with Crippen LogP contribution in [0.3, 0.4) is 0 Å². The zero-order valence-electron chi connectivity index (χ0n) is 16.4. The largest absolute Gasteiger partial charge is 0.369 e. The number of anilines is 1. The number of hydrogen-bond acceptors (Lipinski definition) is 7. The first-order chi connectivity index (χ1) is 15.0. The number of hydrogen-bond donors (Lipinski definition) is 0. The Morgan fingerprint density at radius 1 is 1.23 bits per heavy atom. The smallest absolute Gasteiger partial charge is 0.280 e. The van der Waals surface area contributed by atoms with Gasteiger partial charge in [-0.15, -0.1) is 0 Å². The fourth-order valence-electron chi connectivity index (χ4n) is 4.63. The van der Waals surface area contributed by atoms with Crippen molar-refractivity contribution in [2.75, 3.05) is 18.0 Å². The first-order valence-corrected chi connectivity index (χ1v) is 10.3. The van der Waals surface area contributed by atoms with Crippen LogP contribution in [0, 0.1) is 17.7 Å². The average Bonchev–Trinajstić information content (AvgIpc) is 3.18. The van der Waals surface area contributed by atoms with Crippen molar-refractivity contribution < 1.29 is 8.91 Å². The summed E-state index contributed by atoms with van der Waals surface area (Å²) in [5.74, 6) is 1.60. The molecule has 2 fully saturated rings. The summed E-state index contributed by atoms with van der Waals surface area (Å²) in [5, 5.41) is 4.65. The van der Waals surface area contributed by atoms with Gasteiger partial charge in [-0.1, -0.05) is 16.8 Å². The topological polar surface area (TPSA) is 94.9 Å². The van der Waals surface area contributed by atoms with Gasteiger partial charge in [-0.2, -0.15) is 4.98 Å². The second-order valence-electron chi connectivity index (χ2n) is 8.11. The minimum atomic E-state index is -0.270. The first kappa shape index (κ1) is 18.5. The normalized spacial score (nSPS) is 22.3. The number of halogens is 2. The van der Waals surface area contributed by atoms with E-state index in [1.54, 1.807) is 30.1 Å². The summed E-state index contributed by atoms with van der Waals surface area (Å²) < 4.78 is 22.6. The Hall–Kier alpha value is -3.27. The summed E-state index contributed by atoms with van der Waals surface area (Å²) in [5.41, 5.74) is 1.14. The van der Waals surface area contributed by atoms with Crippen LogP contribution in [0.5, 0.6) is 0 Å². The molecule has 0 N–H and O–H groups in total. The lowest BCUT2D eigenvalue weighted by molar-refractivity contribution is 0.363. The molecule has 3 aromatic heterocycles. The number of fused-ring (bicyclic) bond motifs is 2. The Labute approximate surface area is 180 Å². The van der Waals surface area contributed by atoms with Crippen molar-refractivity contribution in [3.05, 3.63) is 63.8 Å². The molecule has 1 aliphatic heterocycles. The zero-order chi connectivity index (χ0) is 21.3. The number of aryl methyl sites for hydroxylation is 1. The molecular weight excluding hydrogens is 425 g/mol. The van der Waals surface area contributed by atoms with Crippen LogP contribution in [0.4, 0.5) is 10.1 Å². The van der Waals surface area contributed by atoms with Gasteiger partial charge in [0.1, 0.15) is 18.7 Å². The summed E-state index contributed by atoms with van der Waals surface area (Å²) >= 11 is 6.02. The second kappa shape index (κ2) is 6.61. The number of rotatable bonds is 4. The molecule has 9 nitrogen and oxygen atoms in total. The number of nitrogens with zero attached hydrogens (tertiary/aromatic N) is 7. The minimum Gasteiger partial charge on any atom is -0.369 e. The molecule has 1 saturated heterocycles. The van der Waals surface area contributed by atoms with E-state index in [0.29, 0.717) is 45.4 Å². The molecule has 0 amide bonds. The monoisotopic (exact) mass is 441 g/mol. The Balaban J connectivity index is 1.17. The van der Waals surface area contributed by atoms with Crippen LogP contribution in [-0.4, -0.2) is 42.3 Å².